The largest absolute Gasteiger partial charge is 0.238 e. The van der Waals surface area contributed by atoms with Gasteiger partial charge >= 0.3 is 0 Å². The number of nitrogens with zero attached hydrogens (tertiary/aromatic N) is 6. The van der Waals surface area contributed by atoms with Gasteiger partial charge in [0, 0.05) is 22.3 Å². The lowest BCUT2D eigenvalue weighted by molar-refractivity contribution is 0.217. The highest BCUT2D eigenvalue weighted by molar-refractivity contribution is 6.07. The number of hydrogen-bond acceptors (Lipinski definition) is 6. The maximum Gasteiger partial charge on any atom is 0.180 e. The molecule has 18 heteroatoms. The van der Waals surface area contributed by atoms with Gasteiger partial charge in [0.1, 0.15) is 53.1 Å². The zero-order valence-corrected chi connectivity index (χ0v) is 22.4. The molecule has 0 aliphatic heterocycles. The second-order valence-electron chi connectivity index (χ2n) is 9.19. The van der Waals surface area contributed by atoms with Crippen LogP contribution in [0, 0.1) is 115 Å². The van der Waals surface area contributed by atoms with Crippen molar-refractivity contribution < 1.29 is 52.7 Å². The van der Waals surface area contributed by atoms with E-state index < -0.39 is 137 Å². The average Bonchev–Trinajstić information content (AvgIpc) is 3.78. The summed E-state index contributed by atoms with van der Waals surface area (Å²) >= 11 is 0. The van der Waals surface area contributed by atoms with Crippen molar-refractivity contribution in [1.29, 1.82) is 31.6 Å². The Morgan fingerprint density at radius 3 is 1.04 bits per heavy atom. The molecule has 2 aliphatic carbocycles. The Labute approximate surface area is 258 Å². The molecule has 2 aromatic carbocycles. The van der Waals surface area contributed by atoms with Crippen LogP contribution in [0.2, 0.25) is 0 Å². The summed E-state index contributed by atoms with van der Waals surface area (Å²) in [6, 6.07) is 5.29. The lowest BCUT2D eigenvalue weighted by Crippen LogP contribution is -2.28. The number of rotatable bonds is 3. The molecule has 0 bridgehead atoms. The molecular formula is C30H2F12N6. The van der Waals surface area contributed by atoms with Gasteiger partial charge in [-0.25, -0.2) is 52.7 Å². The number of allylic oxidation sites excluding steroid dienone is 10. The standard InChI is InChI=1S/C30H2F12N6/c31-19-10(4-46)20(32)26(38)16(25(19)37)7(1-43)13-14(8(2-44)17-27(39)21(33)11(5-47)22(34)28(17)40)15(13)9(3-45)18-29(41)23(35)12(6-48)24(36)30(18)42/h19,25H/b13-7?,14-8-,15-9+. The molecule has 4 rings (SSSR count). The Kier molecular flexibility index (Phi) is 8.68. The van der Waals surface area contributed by atoms with Crippen LogP contribution in [0.3, 0.4) is 0 Å². The molecule has 0 saturated heterocycles. The van der Waals surface area contributed by atoms with E-state index in [-0.39, 0.29) is 0 Å². The topological polar surface area (TPSA) is 143 Å². The van der Waals surface area contributed by atoms with E-state index in [1.165, 1.54) is 0 Å². The first-order valence-electron chi connectivity index (χ1n) is 12.1. The molecule has 2 atom stereocenters. The minimum atomic E-state index is -3.49. The fraction of sp³-hybridized carbons (Fsp3) is 0.0667. The maximum absolute atomic E-state index is 15.2. The summed E-state index contributed by atoms with van der Waals surface area (Å²) in [6.45, 7) is 0. The minimum absolute atomic E-state index is 0.771. The van der Waals surface area contributed by atoms with Crippen molar-refractivity contribution in [2.45, 2.75) is 12.3 Å². The third kappa shape index (κ3) is 4.64. The van der Waals surface area contributed by atoms with E-state index in [9.17, 15) is 42.1 Å². The molecule has 236 valence electrons. The van der Waals surface area contributed by atoms with E-state index in [1.54, 1.807) is 0 Å². The van der Waals surface area contributed by atoms with Gasteiger partial charge in [0.25, 0.3) is 0 Å². The van der Waals surface area contributed by atoms with Crippen LogP contribution in [-0.4, -0.2) is 12.3 Å². The Morgan fingerprint density at radius 1 is 0.417 bits per heavy atom. The van der Waals surface area contributed by atoms with Gasteiger partial charge in [-0.1, -0.05) is 0 Å². The van der Waals surface area contributed by atoms with Gasteiger partial charge in [-0.2, -0.15) is 31.6 Å². The highest BCUT2D eigenvalue weighted by Crippen LogP contribution is 2.57. The average molecular weight is 674 g/mol. The number of halogens is 12. The molecule has 2 unspecified atom stereocenters. The maximum atomic E-state index is 15.2. The zero-order chi connectivity index (χ0) is 36.1. The first-order valence-corrected chi connectivity index (χ1v) is 12.1. The van der Waals surface area contributed by atoms with Crippen LogP contribution in [-0.2, 0) is 0 Å². The quantitative estimate of drug-likeness (QED) is 0.190. The van der Waals surface area contributed by atoms with Gasteiger partial charge in [0.15, 0.2) is 70.5 Å². The van der Waals surface area contributed by atoms with Crippen LogP contribution in [0.4, 0.5) is 52.7 Å². The smallest absolute Gasteiger partial charge is 0.180 e. The first kappa shape index (κ1) is 34.1. The van der Waals surface area contributed by atoms with Crippen LogP contribution in [0.15, 0.2) is 45.1 Å². The van der Waals surface area contributed by atoms with Crippen LogP contribution < -0.4 is 0 Å². The van der Waals surface area contributed by atoms with Gasteiger partial charge in [-0.05, 0) is 0 Å². The lowest BCUT2D eigenvalue weighted by atomic mass is 9.88. The molecule has 0 heterocycles. The Hall–Kier alpha value is -6.76. The van der Waals surface area contributed by atoms with Crippen molar-refractivity contribution in [2.75, 3.05) is 0 Å². The molecule has 0 spiro atoms. The van der Waals surface area contributed by atoms with E-state index in [0.29, 0.717) is 0 Å². The second-order valence-corrected chi connectivity index (χ2v) is 9.19. The second kappa shape index (κ2) is 12.2. The summed E-state index contributed by atoms with van der Waals surface area (Å²) in [4.78, 5) is 0. The monoisotopic (exact) mass is 674 g/mol. The van der Waals surface area contributed by atoms with Crippen LogP contribution in [0.1, 0.15) is 22.3 Å². The van der Waals surface area contributed by atoms with Crippen molar-refractivity contribution in [2.24, 2.45) is 0 Å². The third-order valence-corrected chi connectivity index (χ3v) is 6.89. The Morgan fingerprint density at radius 2 is 0.750 bits per heavy atom. The molecule has 0 radical (unpaired) electrons. The summed E-state index contributed by atoms with van der Waals surface area (Å²) in [7, 11) is 0. The van der Waals surface area contributed by atoms with Crippen LogP contribution in [0.5, 0.6) is 0 Å². The molecule has 6 nitrogen and oxygen atoms in total. The molecule has 2 aromatic rings. The summed E-state index contributed by atoms with van der Waals surface area (Å²) in [5, 5.41) is 56.0. The first-order chi connectivity index (χ1) is 22.6. The van der Waals surface area contributed by atoms with E-state index in [0.717, 1.165) is 36.4 Å². The van der Waals surface area contributed by atoms with Crippen LogP contribution >= 0.6 is 0 Å². The van der Waals surface area contributed by atoms with Gasteiger partial charge < -0.3 is 0 Å². The number of alkyl halides is 2. The normalized spacial score (nSPS) is 20.1. The molecule has 2 aliphatic rings. The van der Waals surface area contributed by atoms with Gasteiger partial charge in [0.2, 0.25) is 0 Å². The third-order valence-electron chi connectivity index (χ3n) is 6.89. The molecule has 0 amide bonds. The Bertz CT molecular complexity index is 2170. The van der Waals surface area contributed by atoms with E-state index >= 15 is 26.3 Å². The highest BCUT2D eigenvalue weighted by Gasteiger charge is 2.49. The molecule has 0 aromatic heterocycles. The fourth-order valence-corrected chi connectivity index (χ4v) is 4.69. The minimum Gasteiger partial charge on any atom is -0.238 e. The van der Waals surface area contributed by atoms with Gasteiger partial charge in [-0.15, -0.1) is 0 Å². The predicted octanol–water partition coefficient (Wildman–Crippen LogP) is 7.29. The highest BCUT2D eigenvalue weighted by atomic mass is 19.2. The lowest BCUT2D eigenvalue weighted by Gasteiger charge is -2.21. The molecule has 1 fully saturated rings. The van der Waals surface area contributed by atoms with Crippen LogP contribution in [0.25, 0.3) is 11.1 Å². The summed E-state index contributed by atoms with van der Waals surface area (Å²) in [5.74, 6) is -24.7. The number of benzene rings is 2. The molecule has 1 saturated carbocycles. The van der Waals surface area contributed by atoms with Gasteiger partial charge in [-0.3, -0.25) is 0 Å². The summed E-state index contributed by atoms with van der Waals surface area (Å²) < 4.78 is 178. The summed E-state index contributed by atoms with van der Waals surface area (Å²) in [6.07, 6.45) is -6.84. The predicted molar refractivity (Wildman–Crippen MR) is 131 cm³/mol. The number of nitriles is 6. The Balaban J connectivity index is 2.34. The molecule has 0 N–H and O–H groups in total. The SMILES string of the molecule is N#CC(=C1C(=C(/C#N)c2c(F)c(F)c(C#N)c(F)c2F)/C1=C(/C#N)c1c(F)c(F)c(C#N)c(F)c1F)C1=C(F)C(F)=C(C#N)C(F)C1F. The molecular weight excluding hydrogens is 672 g/mol. The molecule has 48 heavy (non-hydrogen) atoms. The fourth-order valence-electron chi connectivity index (χ4n) is 4.69. The van der Waals surface area contributed by atoms with E-state index in [1.807, 2.05) is 0 Å². The van der Waals surface area contributed by atoms with Crippen molar-refractivity contribution in [3.05, 3.63) is 114 Å². The van der Waals surface area contributed by atoms with E-state index in [2.05, 4.69) is 0 Å². The van der Waals surface area contributed by atoms with Gasteiger partial charge in [0.05, 0.1) is 27.8 Å². The van der Waals surface area contributed by atoms with Crippen molar-refractivity contribution >= 4 is 11.1 Å². The zero-order valence-electron chi connectivity index (χ0n) is 22.4. The number of hydrogen-bond donors (Lipinski definition) is 0. The van der Waals surface area contributed by atoms with Crippen molar-refractivity contribution in [1.82, 2.24) is 0 Å². The van der Waals surface area contributed by atoms with E-state index in [4.69, 9.17) is 15.8 Å². The van der Waals surface area contributed by atoms with Crippen molar-refractivity contribution in [3.63, 3.8) is 0 Å². The van der Waals surface area contributed by atoms with Crippen molar-refractivity contribution in [3.8, 4) is 36.4 Å². The summed E-state index contributed by atoms with van der Waals surface area (Å²) in [5.41, 5.74) is -21.0.